The van der Waals surface area contributed by atoms with Crippen molar-refractivity contribution < 1.29 is 14.7 Å². The zero-order valence-electron chi connectivity index (χ0n) is 10.2. The van der Waals surface area contributed by atoms with E-state index in [1.165, 1.54) is 18.3 Å². The number of aromatic carboxylic acids is 1. The van der Waals surface area contributed by atoms with Gasteiger partial charge in [-0.15, -0.1) is 11.3 Å². The van der Waals surface area contributed by atoms with Crippen LogP contribution >= 0.6 is 11.3 Å². The normalized spacial score (nSPS) is 10.2. The van der Waals surface area contributed by atoms with Crippen molar-refractivity contribution in [3.63, 3.8) is 0 Å². The predicted molar refractivity (Wildman–Crippen MR) is 71.4 cm³/mol. The molecule has 0 aliphatic carbocycles. The topological polar surface area (TPSA) is 79.3 Å². The summed E-state index contributed by atoms with van der Waals surface area (Å²) in [6.45, 7) is 2.43. The lowest BCUT2D eigenvalue weighted by Gasteiger charge is -2.04. The van der Waals surface area contributed by atoms with Gasteiger partial charge in [-0.05, 0) is 36.1 Å². The molecule has 5 nitrogen and oxygen atoms in total. The molecule has 0 atom stereocenters. The second-order valence-corrected chi connectivity index (χ2v) is 4.95. The van der Waals surface area contributed by atoms with Crippen LogP contribution in [0.15, 0.2) is 29.8 Å². The maximum atomic E-state index is 11.8. The van der Waals surface area contributed by atoms with Gasteiger partial charge >= 0.3 is 5.97 Å². The van der Waals surface area contributed by atoms with Crippen molar-refractivity contribution in [3.05, 3.63) is 51.5 Å². The van der Waals surface area contributed by atoms with Crippen LogP contribution in [0.2, 0.25) is 0 Å². The lowest BCUT2D eigenvalue weighted by atomic mass is 10.2. The van der Waals surface area contributed by atoms with Crippen molar-refractivity contribution in [2.45, 2.75) is 13.5 Å². The number of aromatic nitrogens is 1. The van der Waals surface area contributed by atoms with Gasteiger partial charge in [-0.2, -0.15) is 0 Å². The maximum absolute atomic E-state index is 11.8. The largest absolute Gasteiger partial charge is 0.478 e. The molecule has 0 fully saturated rings. The minimum absolute atomic E-state index is 0.0608. The van der Waals surface area contributed by atoms with Crippen molar-refractivity contribution >= 4 is 23.2 Å². The first-order valence-corrected chi connectivity index (χ1v) is 6.46. The fourth-order valence-electron chi connectivity index (χ4n) is 1.49. The highest BCUT2D eigenvalue weighted by atomic mass is 32.1. The summed E-state index contributed by atoms with van der Waals surface area (Å²) in [5.74, 6) is -1.38. The van der Waals surface area contributed by atoms with Gasteiger partial charge in [-0.1, -0.05) is 0 Å². The van der Waals surface area contributed by atoms with E-state index < -0.39 is 5.97 Å². The molecule has 2 aromatic rings. The lowest BCUT2D eigenvalue weighted by Crippen LogP contribution is -2.23. The summed E-state index contributed by atoms with van der Waals surface area (Å²) in [5.41, 5.74) is 1.41. The Morgan fingerprint density at radius 3 is 2.68 bits per heavy atom. The van der Waals surface area contributed by atoms with Crippen molar-refractivity contribution in [3.8, 4) is 0 Å². The van der Waals surface area contributed by atoms with Crippen LogP contribution in [-0.2, 0) is 6.54 Å². The molecule has 0 aliphatic rings. The van der Waals surface area contributed by atoms with Crippen molar-refractivity contribution in [1.29, 1.82) is 0 Å². The van der Waals surface area contributed by atoms with E-state index in [9.17, 15) is 9.59 Å². The Morgan fingerprint density at radius 2 is 2.16 bits per heavy atom. The lowest BCUT2D eigenvalue weighted by molar-refractivity contribution is 0.0695. The first kappa shape index (κ1) is 13.2. The van der Waals surface area contributed by atoms with E-state index >= 15 is 0 Å². The number of amides is 1. The second kappa shape index (κ2) is 5.62. The Balaban J connectivity index is 2.00. The minimum Gasteiger partial charge on any atom is -0.478 e. The van der Waals surface area contributed by atoms with Crippen LogP contribution < -0.4 is 5.32 Å². The van der Waals surface area contributed by atoms with Crippen LogP contribution in [0, 0.1) is 6.92 Å². The highest BCUT2D eigenvalue weighted by Gasteiger charge is 2.10. The smallest absolute Gasteiger partial charge is 0.337 e. The van der Waals surface area contributed by atoms with Gasteiger partial charge in [0.25, 0.3) is 5.91 Å². The molecule has 98 valence electrons. The molecule has 2 N–H and O–H groups in total. The molecule has 2 rings (SSSR count). The van der Waals surface area contributed by atoms with Gasteiger partial charge in [-0.3, -0.25) is 9.78 Å². The van der Waals surface area contributed by atoms with E-state index in [0.717, 1.165) is 10.4 Å². The van der Waals surface area contributed by atoms with Gasteiger partial charge < -0.3 is 10.4 Å². The number of rotatable bonds is 4. The molecule has 2 aromatic heterocycles. The number of pyridine rings is 1. The molecule has 6 heteroatoms. The maximum Gasteiger partial charge on any atom is 0.337 e. The van der Waals surface area contributed by atoms with Gasteiger partial charge in [0.05, 0.1) is 12.1 Å². The molecule has 0 aromatic carbocycles. The fourth-order valence-corrected chi connectivity index (χ4v) is 2.34. The number of hydrogen-bond acceptors (Lipinski definition) is 4. The van der Waals surface area contributed by atoms with E-state index in [2.05, 4.69) is 10.3 Å². The summed E-state index contributed by atoms with van der Waals surface area (Å²) in [6.07, 6.45) is 1.17. The van der Waals surface area contributed by atoms with Crippen LogP contribution in [0.1, 0.15) is 31.3 Å². The average molecular weight is 276 g/mol. The molecule has 1 amide bonds. The molecule has 0 aliphatic heterocycles. The number of carbonyl (C=O) groups excluding carboxylic acids is 1. The summed E-state index contributed by atoms with van der Waals surface area (Å²) < 4.78 is 0. The van der Waals surface area contributed by atoms with E-state index in [-0.39, 0.29) is 17.2 Å². The first-order chi connectivity index (χ1) is 9.08. The molecule has 19 heavy (non-hydrogen) atoms. The SMILES string of the molecule is Cc1ccsc1CNC(=O)c1ccc(C(=O)O)cn1. The average Bonchev–Trinajstić information content (AvgIpc) is 2.81. The van der Waals surface area contributed by atoms with Crippen LogP contribution in [0.25, 0.3) is 0 Å². The zero-order chi connectivity index (χ0) is 13.8. The first-order valence-electron chi connectivity index (χ1n) is 5.58. The molecule has 0 unspecified atom stereocenters. The molecule has 0 saturated heterocycles. The van der Waals surface area contributed by atoms with Crippen molar-refractivity contribution in [2.75, 3.05) is 0 Å². The third-order valence-corrected chi connectivity index (χ3v) is 3.64. The quantitative estimate of drug-likeness (QED) is 0.896. The zero-order valence-corrected chi connectivity index (χ0v) is 11.0. The number of aryl methyl sites for hydroxylation is 1. The number of hydrogen-bond donors (Lipinski definition) is 2. The highest BCUT2D eigenvalue weighted by Crippen LogP contribution is 2.14. The summed E-state index contributed by atoms with van der Waals surface area (Å²) >= 11 is 1.58. The minimum atomic E-state index is -1.06. The van der Waals surface area contributed by atoms with Crippen LogP contribution in [-0.4, -0.2) is 22.0 Å². The van der Waals surface area contributed by atoms with Crippen LogP contribution in [0.4, 0.5) is 0 Å². The van der Waals surface area contributed by atoms with Crippen LogP contribution in [0.3, 0.4) is 0 Å². The summed E-state index contributed by atoms with van der Waals surface area (Å²) in [5, 5.41) is 13.5. The number of nitrogens with one attached hydrogen (secondary N) is 1. The van der Waals surface area contributed by atoms with Crippen molar-refractivity contribution in [1.82, 2.24) is 10.3 Å². The van der Waals surface area contributed by atoms with Gasteiger partial charge in [0.1, 0.15) is 5.69 Å². The monoisotopic (exact) mass is 276 g/mol. The Bertz CT molecular complexity index is 605. The molecular formula is C13H12N2O3S. The van der Waals surface area contributed by atoms with E-state index in [4.69, 9.17) is 5.11 Å². The number of carboxylic acid groups (broad SMARTS) is 1. The molecule has 0 saturated carbocycles. The highest BCUT2D eigenvalue weighted by molar-refractivity contribution is 7.10. The Kier molecular flexibility index (Phi) is 3.91. The van der Waals surface area contributed by atoms with Gasteiger partial charge in [0.2, 0.25) is 0 Å². The Labute approximate surface area is 113 Å². The van der Waals surface area contributed by atoms with Gasteiger partial charge in [0, 0.05) is 11.1 Å². The number of carbonyl (C=O) groups is 2. The molecule has 2 heterocycles. The Hall–Kier alpha value is -2.21. The standard InChI is InChI=1S/C13H12N2O3S/c1-8-4-5-19-11(8)7-15-12(16)10-3-2-9(6-14-10)13(17)18/h2-6H,7H2,1H3,(H,15,16)(H,17,18). The van der Waals surface area contributed by atoms with Gasteiger partial charge in [-0.25, -0.2) is 4.79 Å². The van der Waals surface area contributed by atoms with E-state index in [0.29, 0.717) is 6.54 Å². The fraction of sp³-hybridized carbons (Fsp3) is 0.154. The summed E-state index contributed by atoms with van der Waals surface area (Å²) in [7, 11) is 0. The molecular weight excluding hydrogens is 264 g/mol. The second-order valence-electron chi connectivity index (χ2n) is 3.95. The van der Waals surface area contributed by atoms with Crippen LogP contribution in [0.5, 0.6) is 0 Å². The molecule has 0 bridgehead atoms. The number of carboxylic acids is 1. The molecule has 0 radical (unpaired) electrons. The number of thiophene rings is 1. The predicted octanol–water partition coefficient (Wildman–Crippen LogP) is 2.08. The van der Waals surface area contributed by atoms with E-state index in [1.54, 1.807) is 11.3 Å². The molecule has 0 spiro atoms. The summed E-state index contributed by atoms with van der Waals surface area (Å²) in [6, 6.07) is 4.76. The Morgan fingerprint density at radius 1 is 1.37 bits per heavy atom. The number of nitrogens with zero attached hydrogens (tertiary/aromatic N) is 1. The van der Waals surface area contributed by atoms with E-state index in [1.807, 2.05) is 18.4 Å². The third-order valence-electron chi connectivity index (χ3n) is 2.62. The summed E-state index contributed by atoms with van der Waals surface area (Å²) in [4.78, 5) is 27.4. The van der Waals surface area contributed by atoms with Gasteiger partial charge in [0.15, 0.2) is 0 Å². The third kappa shape index (κ3) is 3.17. The van der Waals surface area contributed by atoms with Crippen molar-refractivity contribution in [2.24, 2.45) is 0 Å².